The van der Waals surface area contributed by atoms with Gasteiger partial charge < -0.3 is 10.2 Å². The van der Waals surface area contributed by atoms with Crippen molar-refractivity contribution in [2.24, 2.45) is 16.2 Å². The number of aromatic hydroxyl groups is 2. The molecule has 33 heavy (non-hydrogen) atoms. The molecule has 0 saturated carbocycles. The van der Waals surface area contributed by atoms with Crippen molar-refractivity contribution in [1.29, 1.82) is 0 Å². The van der Waals surface area contributed by atoms with Crippen LogP contribution in [-0.2, 0) is 6.18 Å². The minimum atomic E-state index is -4.37. The Balaban J connectivity index is 2.37. The van der Waals surface area contributed by atoms with Gasteiger partial charge in [0, 0.05) is 6.07 Å². The van der Waals surface area contributed by atoms with E-state index in [1.54, 1.807) is 19.1 Å². The van der Waals surface area contributed by atoms with E-state index in [2.05, 4.69) is 48.5 Å². The molecule has 2 N–H and O–H groups in total. The third-order valence-electron chi connectivity index (χ3n) is 8.25. The average molecular weight is 465 g/mol. The highest BCUT2D eigenvalue weighted by atomic mass is 19.4. The number of benzene rings is 2. The second-order valence-electron chi connectivity index (χ2n) is 11.6. The molecular weight excluding hydrogens is 425 g/mol. The lowest BCUT2D eigenvalue weighted by Crippen LogP contribution is -2.41. The van der Waals surface area contributed by atoms with Crippen molar-refractivity contribution in [2.75, 3.05) is 0 Å². The maximum Gasteiger partial charge on any atom is 0.416 e. The van der Waals surface area contributed by atoms with Gasteiger partial charge in [0.15, 0.2) is 0 Å². The predicted molar refractivity (Wildman–Crippen MR) is 129 cm³/mol. The summed E-state index contributed by atoms with van der Waals surface area (Å²) in [5.74, 6) is -0.0141. The van der Waals surface area contributed by atoms with Crippen molar-refractivity contribution < 1.29 is 23.4 Å². The van der Waals surface area contributed by atoms with Crippen LogP contribution in [0.4, 0.5) is 13.2 Å². The first-order chi connectivity index (χ1) is 14.8. The van der Waals surface area contributed by atoms with Crippen LogP contribution in [0.15, 0.2) is 36.4 Å². The van der Waals surface area contributed by atoms with Crippen LogP contribution in [-0.4, -0.2) is 10.2 Å². The first-order valence-corrected chi connectivity index (χ1v) is 11.5. The van der Waals surface area contributed by atoms with E-state index >= 15 is 0 Å². The van der Waals surface area contributed by atoms with E-state index in [-0.39, 0.29) is 39.6 Å². The van der Waals surface area contributed by atoms with Gasteiger partial charge in [-0.1, -0.05) is 67.0 Å². The smallest absolute Gasteiger partial charge is 0.416 e. The third kappa shape index (κ3) is 5.85. The van der Waals surface area contributed by atoms with Crippen molar-refractivity contribution in [3.05, 3.63) is 58.7 Å². The van der Waals surface area contributed by atoms with Crippen LogP contribution in [0.2, 0.25) is 0 Å². The molecule has 2 rings (SSSR count). The molecule has 2 aromatic rings. The minimum Gasteiger partial charge on any atom is -0.508 e. The zero-order valence-corrected chi connectivity index (χ0v) is 21.4. The fourth-order valence-electron chi connectivity index (χ4n) is 5.07. The van der Waals surface area contributed by atoms with Crippen LogP contribution in [0.25, 0.3) is 0 Å². The Hall–Kier alpha value is -2.17. The second-order valence-corrected chi connectivity index (χ2v) is 11.6. The SMILES string of the molecule is Cc1cc(C(C)C(C)(C)CC(C)(C)C(C)(C)C(C)c2cc(O)cc(O)c2)cc(C(F)(F)F)c1. The largest absolute Gasteiger partial charge is 0.508 e. The fourth-order valence-corrected chi connectivity index (χ4v) is 5.07. The van der Waals surface area contributed by atoms with Gasteiger partial charge in [0.2, 0.25) is 0 Å². The van der Waals surface area contributed by atoms with Gasteiger partial charge in [-0.15, -0.1) is 0 Å². The molecule has 0 aliphatic carbocycles. The van der Waals surface area contributed by atoms with Crippen molar-refractivity contribution in [3.8, 4) is 11.5 Å². The van der Waals surface area contributed by atoms with Crippen molar-refractivity contribution in [1.82, 2.24) is 0 Å². The molecule has 0 radical (unpaired) electrons. The summed E-state index contributed by atoms with van der Waals surface area (Å²) in [5, 5.41) is 19.9. The number of phenolic OH excluding ortho intramolecular Hbond substituents is 2. The van der Waals surface area contributed by atoms with Crippen LogP contribution in [0, 0.1) is 23.2 Å². The standard InChI is InChI=1S/C28H39F3O2/c1-17-10-20(12-22(11-17)28(29,30)31)18(2)25(4,5)16-26(6,7)27(8,9)19(3)21-13-23(32)15-24(33)14-21/h10-15,18-19,32-33H,16H2,1-9H3. The van der Waals surface area contributed by atoms with Gasteiger partial charge in [0.1, 0.15) is 11.5 Å². The number of aryl methyl sites for hydroxylation is 1. The minimum absolute atomic E-state index is 0.0207. The van der Waals surface area contributed by atoms with Gasteiger partial charge in [-0.05, 0) is 76.8 Å². The lowest BCUT2D eigenvalue weighted by Gasteiger charge is -2.51. The molecule has 2 aromatic carbocycles. The summed E-state index contributed by atoms with van der Waals surface area (Å²) >= 11 is 0. The van der Waals surface area contributed by atoms with Gasteiger partial charge >= 0.3 is 6.18 Å². The number of hydrogen-bond acceptors (Lipinski definition) is 2. The summed E-state index contributed by atoms with van der Waals surface area (Å²) in [7, 11) is 0. The number of halogens is 3. The number of phenols is 2. The van der Waals surface area contributed by atoms with Crippen molar-refractivity contribution >= 4 is 0 Å². The molecule has 5 heteroatoms. The highest BCUT2D eigenvalue weighted by molar-refractivity contribution is 5.39. The molecule has 0 aromatic heterocycles. The topological polar surface area (TPSA) is 40.5 Å². The molecule has 0 fully saturated rings. The van der Waals surface area contributed by atoms with Crippen LogP contribution in [0.1, 0.15) is 95.9 Å². The van der Waals surface area contributed by atoms with Crippen LogP contribution in [0.5, 0.6) is 11.5 Å². The summed E-state index contributed by atoms with van der Waals surface area (Å²) in [6.45, 7) is 18.8. The molecule has 0 amide bonds. The maximum absolute atomic E-state index is 13.4. The van der Waals surface area contributed by atoms with E-state index in [1.807, 2.05) is 13.0 Å². The molecule has 0 aliphatic rings. The highest BCUT2D eigenvalue weighted by Crippen LogP contribution is 2.56. The van der Waals surface area contributed by atoms with Gasteiger partial charge in [-0.2, -0.15) is 13.2 Å². The lowest BCUT2D eigenvalue weighted by atomic mass is 9.54. The van der Waals surface area contributed by atoms with Gasteiger partial charge in [0.05, 0.1) is 5.56 Å². The molecular formula is C28H39F3O2. The summed E-state index contributed by atoms with van der Waals surface area (Å²) in [5.41, 5.74) is 0.835. The summed E-state index contributed by atoms with van der Waals surface area (Å²) in [6.07, 6.45) is -3.59. The Morgan fingerprint density at radius 2 is 1.21 bits per heavy atom. The quantitative estimate of drug-likeness (QED) is 0.430. The van der Waals surface area contributed by atoms with E-state index in [9.17, 15) is 23.4 Å². The molecule has 0 saturated heterocycles. The molecule has 0 spiro atoms. The lowest BCUT2D eigenvalue weighted by molar-refractivity contribution is -0.137. The molecule has 2 unspecified atom stereocenters. The van der Waals surface area contributed by atoms with Crippen LogP contribution >= 0.6 is 0 Å². The van der Waals surface area contributed by atoms with Gasteiger partial charge in [0.25, 0.3) is 0 Å². The Morgan fingerprint density at radius 1 is 0.727 bits per heavy atom. The molecule has 0 heterocycles. The molecule has 0 aliphatic heterocycles. The molecule has 184 valence electrons. The van der Waals surface area contributed by atoms with Crippen LogP contribution in [0.3, 0.4) is 0 Å². The Kier molecular flexibility index (Phi) is 7.29. The van der Waals surface area contributed by atoms with E-state index < -0.39 is 11.7 Å². The average Bonchev–Trinajstić information content (AvgIpc) is 2.63. The zero-order valence-electron chi connectivity index (χ0n) is 21.4. The molecule has 2 nitrogen and oxygen atoms in total. The molecule has 0 bridgehead atoms. The zero-order chi connectivity index (χ0) is 25.6. The normalized spacial score (nSPS) is 15.4. The first kappa shape index (κ1) is 27.1. The molecule has 2 atom stereocenters. The maximum atomic E-state index is 13.4. The van der Waals surface area contributed by atoms with Crippen molar-refractivity contribution in [2.45, 2.75) is 86.7 Å². The summed E-state index contributed by atoms with van der Waals surface area (Å²) < 4.78 is 40.2. The Morgan fingerprint density at radius 3 is 1.70 bits per heavy atom. The van der Waals surface area contributed by atoms with E-state index in [4.69, 9.17) is 0 Å². The summed E-state index contributed by atoms with van der Waals surface area (Å²) in [4.78, 5) is 0. The van der Waals surface area contributed by atoms with E-state index in [1.165, 1.54) is 18.2 Å². The highest BCUT2D eigenvalue weighted by Gasteiger charge is 2.46. The fraction of sp³-hybridized carbons (Fsp3) is 0.571. The van der Waals surface area contributed by atoms with Gasteiger partial charge in [-0.3, -0.25) is 0 Å². The Labute approximate surface area is 196 Å². The van der Waals surface area contributed by atoms with E-state index in [0.717, 1.165) is 12.0 Å². The van der Waals surface area contributed by atoms with Gasteiger partial charge in [-0.25, -0.2) is 0 Å². The number of rotatable bonds is 7. The predicted octanol–water partition coefficient (Wildman–Crippen LogP) is 8.80. The van der Waals surface area contributed by atoms with Crippen LogP contribution < -0.4 is 0 Å². The number of hydrogen-bond donors (Lipinski definition) is 2. The van der Waals surface area contributed by atoms with E-state index in [0.29, 0.717) is 11.1 Å². The summed E-state index contributed by atoms with van der Waals surface area (Å²) in [6, 6.07) is 9.02. The third-order valence-corrected chi connectivity index (χ3v) is 8.25. The first-order valence-electron chi connectivity index (χ1n) is 11.5. The van der Waals surface area contributed by atoms with Crippen molar-refractivity contribution in [3.63, 3.8) is 0 Å². The second kappa shape index (κ2) is 8.88. The number of alkyl halides is 3. The monoisotopic (exact) mass is 464 g/mol. The Bertz CT molecular complexity index is 967.